The minimum Gasteiger partial charge on any atom is -0.462 e. The molecule has 5 aromatic rings. The number of nitro benzene ring substituents is 1. The number of amides is 3. The van der Waals surface area contributed by atoms with Crippen LogP contribution in [0.4, 0.5) is 16.4 Å². The summed E-state index contributed by atoms with van der Waals surface area (Å²) in [6.07, 6.45) is 1.91. The maximum atomic E-state index is 13.7. The molecular formula is C42H39N5O7S2. The van der Waals surface area contributed by atoms with E-state index >= 15 is 0 Å². The molecule has 12 nitrogen and oxygen atoms in total. The molecule has 1 aliphatic heterocycles. The van der Waals surface area contributed by atoms with E-state index in [1.165, 1.54) is 52.9 Å². The molecular weight excluding hydrogens is 751 g/mol. The van der Waals surface area contributed by atoms with Crippen molar-refractivity contribution in [1.29, 1.82) is 0 Å². The molecule has 0 radical (unpaired) electrons. The molecule has 1 aliphatic rings. The molecule has 1 aromatic heterocycles. The highest BCUT2D eigenvalue weighted by molar-refractivity contribution is 8.00. The fourth-order valence-corrected chi connectivity index (χ4v) is 8.34. The normalized spacial score (nSPS) is 13.2. The quantitative estimate of drug-likeness (QED) is 0.0334. The van der Waals surface area contributed by atoms with Crippen LogP contribution < -0.4 is 16.0 Å². The first-order valence-electron chi connectivity index (χ1n) is 17.9. The van der Waals surface area contributed by atoms with Gasteiger partial charge in [-0.2, -0.15) is 0 Å². The van der Waals surface area contributed by atoms with E-state index in [0.717, 1.165) is 23.5 Å². The summed E-state index contributed by atoms with van der Waals surface area (Å²) < 4.78 is 5.41. The van der Waals surface area contributed by atoms with Gasteiger partial charge in [0.1, 0.15) is 10.7 Å². The fraction of sp³-hybridized carbons (Fsp3) is 0.190. The number of rotatable bonds is 14. The van der Waals surface area contributed by atoms with Crippen molar-refractivity contribution in [1.82, 2.24) is 10.2 Å². The number of thioether (sulfide) groups is 1. The van der Waals surface area contributed by atoms with Crippen LogP contribution in [0.3, 0.4) is 0 Å². The first-order valence-corrected chi connectivity index (χ1v) is 19.6. The number of nitrogens with one attached hydrogen (secondary N) is 3. The Morgan fingerprint density at radius 2 is 1.66 bits per heavy atom. The smallest absolute Gasteiger partial charge is 0.341 e. The highest BCUT2D eigenvalue weighted by Gasteiger charge is 2.30. The van der Waals surface area contributed by atoms with Crippen molar-refractivity contribution in [3.05, 3.63) is 158 Å². The number of esters is 1. The Balaban J connectivity index is 1.16. The summed E-state index contributed by atoms with van der Waals surface area (Å²) in [5, 5.41) is 19.9. The molecule has 3 amide bonds. The van der Waals surface area contributed by atoms with Gasteiger partial charge in [0.25, 0.3) is 17.5 Å². The fourth-order valence-electron chi connectivity index (χ4n) is 6.13. The molecule has 14 heteroatoms. The van der Waals surface area contributed by atoms with Gasteiger partial charge >= 0.3 is 5.97 Å². The third-order valence-electron chi connectivity index (χ3n) is 8.84. The first-order chi connectivity index (χ1) is 27.1. The van der Waals surface area contributed by atoms with Gasteiger partial charge in [-0.15, -0.1) is 23.1 Å². The Labute approximate surface area is 332 Å². The summed E-state index contributed by atoms with van der Waals surface area (Å²) in [4.78, 5) is 68.7. The SMILES string of the molecule is CCOC(=O)c1c(NC(=O)C(C)Sc2cccc(NC(=O)/C(=C\c3ccccc3[N+](=O)[O-])NC(=O)c3ccccc3)c2)sc2c1CCN(Cc1ccccc1)C2. The molecule has 4 aromatic carbocycles. The predicted octanol–water partition coefficient (Wildman–Crippen LogP) is 7.92. The zero-order chi connectivity index (χ0) is 39.6. The van der Waals surface area contributed by atoms with Crippen LogP contribution in [0.1, 0.15) is 56.1 Å². The Bertz CT molecular complexity index is 2280. The number of carbonyl (C=O) groups excluding carboxylic acids is 4. The highest BCUT2D eigenvalue weighted by atomic mass is 32.2. The average Bonchev–Trinajstić information content (AvgIpc) is 3.55. The zero-order valence-electron chi connectivity index (χ0n) is 30.7. The second kappa shape index (κ2) is 18.5. The lowest BCUT2D eigenvalue weighted by atomic mass is 10.0. The molecule has 0 fully saturated rings. The van der Waals surface area contributed by atoms with Crippen molar-refractivity contribution in [2.45, 2.75) is 43.5 Å². The Morgan fingerprint density at radius 1 is 0.946 bits per heavy atom. The van der Waals surface area contributed by atoms with Gasteiger partial charge in [-0.1, -0.05) is 66.7 Å². The molecule has 0 bridgehead atoms. The third-order valence-corrected chi connectivity index (χ3v) is 11.1. The summed E-state index contributed by atoms with van der Waals surface area (Å²) >= 11 is 2.65. The summed E-state index contributed by atoms with van der Waals surface area (Å²) in [5.74, 6) is -2.06. The molecule has 0 spiro atoms. The lowest BCUT2D eigenvalue weighted by Crippen LogP contribution is -2.30. The number of ether oxygens (including phenoxy) is 1. The van der Waals surface area contributed by atoms with Gasteiger partial charge in [0.2, 0.25) is 5.91 Å². The topological polar surface area (TPSA) is 160 Å². The highest BCUT2D eigenvalue weighted by Crippen LogP contribution is 2.39. The molecule has 56 heavy (non-hydrogen) atoms. The second-order valence-electron chi connectivity index (χ2n) is 12.8. The number of para-hydroxylation sites is 1. The third kappa shape index (κ3) is 9.96. The van der Waals surface area contributed by atoms with Crippen LogP contribution in [0.25, 0.3) is 6.08 Å². The van der Waals surface area contributed by atoms with E-state index in [1.807, 2.05) is 18.2 Å². The van der Waals surface area contributed by atoms with Crippen molar-refractivity contribution in [3.63, 3.8) is 0 Å². The monoisotopic (exact) mass is 789 g/mol. The molecule has 286 valence electrons. The Hall–Kier alpha value is -6.09. The lowest BCUT2D eigenvalue weighted by molar-refractivity contribution is -0.385. The molecule has 3 N–H and O–H groups in total. The largest absolute Gasteiger partial charge is 0.462 e. The predicted molar refractivity (Wildman–Crippen MR) is 219 cm³/mol. The maximum absolute atomic E-state index is 13.7. The van der Waals surface area contributed by atoms with E-state index in [0.29, 0.717) is 39.7 Å². The lowest BCUT2D eigenvalue weighted by Gasteiger charge is -2.27. The van der Waals surface area contributed by atoms with Gasteiger partial charge in [0, 0.05) is 46.7 Å². The van der Waals surface area contributed by atoms with Crippen molar-refractivity contribution in [2.75, 3.05) is 23.8 Å². The van der Waals surface area contributed by atoms with E-state index < -0.39 is 28.0 Å². The van der Waals surface area contributed by atoms with Crippen molar-refractivity contribution in [3.8, 4) is 0 Å². The van der Waals surface area contributed by atoms with Gasteiger partial charge in [-0.3, -0.25) is 29.4 Å². The number of nitrogens with zero attached hydrogens (tertiary/aromatic N) is 2. The number of benzene rings is 4. The van der Waals surface area contributed by atoms with E-state index in [-0.39, 0.29) is 29.5 Å². The maximum Gasteiger partial charge on any atom is 0.341 e. The molecule has 2 heterocycles. The van der Waals surface area contributed by atoms with Crippen molar-refractivity contribution >= 4 is 69.2 Å². The van der Waals surface area contributed by atoms with E-state index in [1.54, 1.807) is 74.5 Å². The molecule has 0 saturated carbocycles. The summed E-state index contributed by atoms with van der Waals surface area (Å²) in [7, 11) is 0. The Kier molecular flexibility index (Phi) is 13.1. The van der Waals surface area contributed by atoms with Crippen LogP contribution in [0.2, 0.25) is 0 Å². The van der Waals surface area contributed by atoms with E-state index in [2.05, 4.69) is 33.0 Å². The van der Waals surface area contributed by atoms with E-state index in [4.69, 9.17) is 4.74 Å². The second-order valence-corrected chi connectivity index (χ2v) is 15.3. The van der Waals surface area contributed by atoms with Crippen LogP contribution >= 0.6 is 23.1 Å². The molecule has 1 unspecified atom stereocenters. The van der Waals surface area contributed by atoms with Crippen LogP contribution in [0.5, 0.6) is 0 Å². The van der Waals surface area contributed by atoms with Crippen LogP contribution in [-0.2, 0) is 33.8 Å². The number of carbonyl (C=O) groups is 4. The number of anilines is 2. The van der Waals surface area contributed by atoms with Gasteiger partial charge in [-0.25, -0.2) is 4.79 Å². The van der Waals surface area contributed by atoms with Crippen LogP contribution in [-0.4, -0.2) is 51.9 Å². The zero-order valence-corrected chi connectivity index (χ0v) is 32.3. The number of nitro groups is 1. The summed E-state index contributed by atoms with van der Waals surface area (Å²) in [6.45, 7) is 5.89. The number of hydrogen-bond acceptors (Lipinski definition) is 10. The standard InChI is InChI=1S/C42H39N5O7S2/c1-3-54-42(51)37-33-21-22-46(25-28-13-6-4-7-14-28)26-36(33)56-41(37)45-38(48)27(2)55-32-19-12-18-31(24-32)43-40(50)34(44-39(49)29-15-8-5-9-16-29)23-30-17-10-11-20-35(30)47(52)53/h4-20,23-24,27H,3,21-22,25-26H2,1-2H3,(H,43,50)(H,44,49)(H,45,48)/b34-23+. The molecule has 6 rings (SSSR count). The Morgan fingerprint density at radius 3 is 2.39 bits per heavy atom. The van der Waals surface area contributed by atoms with Crippen molar-refractivity contribution < 1.29 is 28.8 Å². The van der Waals surface area contributed by atoms with Crippen LogP contribution in [0, 0.1) is 10.1 Å². The molecule has 0 saturated heterocycles. The van der Waals surface area contributed by atoms with Gasteiger partial charge in [0.15, 0.2) is 0 Å². The van der Waals surface area contributed by atoms with Gasteiger partial charge in [0.05, 0.1) is 27.9 Å². The van der Waals surface area contributed by atoms with Gasteiger partial charge in [-0.05, 0) is 73.9 Å². The minimum atomic E-state index is -0.712. The van der Waals surface area contributed by atoms with Crippen molar-refractivity contribution in [2.24, 2.45) is 0 Å². The number of fused-ring (bicyclic) bond motifs is 1. The number of thiophene rings is 1. The average molecular weight is 790 g/mol. The minimum absolute atomic E-state index is 0.127. The van der Waals surface area contributed by atoms with E-state index in [9.17, 15) is 29.3 Å². The molecule has 1 atom stereocenters. The first kappa shape index (κ1) is 39.6. The van der Waals surface area contributed by atoms with Gasteiger partial charge < -0.3 is 20.7 Å². The summed E-state index contributed by atoms with van der Waals surface area (Å²) in [6, 6.07) is 31.2. The van der Waals surface area contributed by atoms with Crippen LogP contribution in [0.15, 0.2) is 120 Å². The number of hydrogen-bond donors (Lipinski definition) is 3. The summed E-state index contributed by atoms with van der Waals surface area (Å²) in [5.41, 5.74) is 2.86. The molecule has 0 aliphatic carbocycles.